The third-order valence-corrected chi connectivity index (χ3v) is 5.36. The summed E-state index contributed by atoms with van der Waals surface area (Å²) in [7, 11) is 2.90. The van der Waals surface area contributed by atoms with Gasteiger partial charge in [-0.05, 0) is 30.3 Å². The lowest BCUT2D eigenvalue weighted by atomic mass is 10.1. The summed E-state index contributed by atoms with van der Waals surface area (Å²) in [6, 6.07) is 11.4. The second-order valence-corrected chi connectivity index (χ2v) is 7.40. The molecule has 2 aromatic carbocycles. The number of halogens is 1. The second kappa shape index (κ2) is 10.2. The van der Waals surface area contributed by atoms with Gasteiger partial charge in [-0.15, -0.1) is 0 Å². The van der Waals surface area contributed by atoms with Crippen molar-refractivity contribution >= 4 is 17.6 Å². The first-order valence-corrected chi connectivity index (χ1v) is 9.97. The van der Waals surface area contributed by atoms with E-state index in [4.69, 9.17) is 9.47 Å². The molecule has 0 aromatic heterocycles. The van der Waals surface area contributed by atoms with Crippen LogP contribution in [-0.2, 0) is 16.1 Å². The summed E-state index contributed by atoms with van der Waals surface area (Å²) in [5.74, 6) is -0.194. The molecule has 1 aliphatic rings. The largest absolute Gasteiger partial charge is 0.496 e. The molecule has 0 atom stereocenters. The van der Waals surface area contributed by atoms with Crippen molar-refractivity contribution in [3.63, 3.8) is 0 Å². The molecule has 0 bridgehead atoms. The van der Waals surface area contributed by atoms with Gasteiger partial charge < -0.3 is 24.6 Å². The minimum absolute atomic E-state index is 0.142. The molecule has 0 unspecified atom stereocenters. The Morgan fingerprint density at radius 3 is 2.43 bits per heavy atom. The van der Waals surface area contributed by atoms with E-state index in [1.54, 1.807) is 37.4 Å². The molecular formula is C22H28FN3O4+2. The molecule has 1 amide bonds. The monoisotopic (exact) mass is 417 g/mol. The Bertz CT molecular complexity index is 898. The van der Waals surface area contributed by atoms with E-state index < -0.39 is 5.97 Å². The van der Waals surface area contributed by atoms with E-state index in [1.165, 1.54) is 29.0 Å². The standard InChI is InChI=1S/C22H26FN3O4/c1-29-20-8-7-17(23)13-16(20)14-25-9-11-26(12-10-25)15-21(27)24-19-6-4-3-5-18(19)22(28)30-2/h3-8,13H,9-12,14-15H2,1-2H3,(H,24,27)/p+2. The summed E-state index contributed by atoms with van der Waals surface area (Å²) in [4.78, 5) is 26.8. The van der Waals surface area contributed by atoms with Crippen LogP contribution >= 0.6 is 0 Å². The summed E-state index contributed by atoms with van der Waals surface area (Å²) in [6.07, 6.45) is 0. The number of hydrogen-bond donors (Lipinski definition) is 3. The Morgan fingerprint density at radius 2 is 1.73 bits per heavy atom. The zero-order valence-electron chi connectivity index (χ0n) is 17.3. The topological polar surface area (TPSA) is 73.5 Å². The van der Waals surface area contributed by atoms with Crippen LogP contribution in [0.1, 0.15) is 15.9 Å². The lowest BCUT2D eigenvalue weighted by Crippen LogP contribution is -3.28. The van der Waals surface area contributed by atoms with Crippen molar-refractivity contribution in [2.75, 3.05) is 52.3 Å². The maximum absolute atomic E-state index is 13.6. The fraction of sp³-hybridized carbons (Fsp3) is 0.364. The Labute approximate surface area is 175 Å². The number of esters is 1. The van der Waals surface area contributed by atoms with Crippen molar-refractivity contribution < 1.29 is 33.3 Å². The molecule has 7 nitrogen and oxygen atoms in total. The van der Waals surface area contributed by atoms with Gasteiger partial charge in [-0.25, -0.2) is 9.18 Å². The molecule has 1 fully saturated rings. The number of carbonyl (C=O) groups is 2. The second-order valence-electron chi connectivity index (χ2n) is 7.40. The van der Waals surface area contributed by atoms with E-state index in [2.05, 4.69) is 5.32 Å². The van der Waals surface area contributed by atoms with Gasteiger partial charge in [0.15, 0.2) is 6.54 Å². The highest BCUT2D eigenvalue weighted by Gasteiger charge is 2.26. The van der Waals surface area contributed by atoms with Gasteiger partial charge in [0.25, 0.3) is 5.91 Å². The summed E-state index contributed by atoms with van der Waals surface area (Å²) in [6.45, 7) is 4.43. The molecule has 8 heteroatoms. The summed E-state index contributed by atoms with van der Waals surface area (Å²) in [5, 5.41) is 2.82. The maximum atomic E-state index is 13.6. The van der Waals surface area contributed by atoms with Crippen LogP contribution in [0.15, 0.2) is 42.5 Å². The van der Waals surface area contributed by atoms with Gasteiger partial charge in [0.05, 0.1) is 31.0 Å². The van der Waals surface area contributed by atoms with E-state index in [-0.39, 0.29) is 11.7 Å². The predicted octanol–water partition coefficient (Wildman–Crippen LogP) is -0.457. The molecule has 3 rings (SSSR count). The number of nitrogens with one attached hydrogen (secondary N) is 3. The van der Waals surface area contributed by atoms with Gasteiger partial charge in [-0.2, -0.15) is 0 Å². The lowest BCUT2D eigenvalue weighted by Gasteiger charge is -2.29. The van der Waals surface area contributed by atoms with Crippen molar-refractivity contribution in [1.82, 2.24) is 0 Å². The van der Waals surface area contributed by atoms with Crippen molar-refractivity contribution in [3.8, 4) is 5.75 Å². The molecule has 0 saturated carbocycles. The fourth-order valence-corrected chi connectivity index (χ4v) is 3.77. The van der Waals surface area contributed by atoms with Crippen LogP contribution in [0.2, 0.25) is 0 Å². The Balaban J connectivity index is 1.51. The number of piperazine rings is 1. The number of ether oxygens (including phenoxy) is 2. The number of rotatable bonds is 7. The average Bonchev–Trinajstić information content (AvgIpc) is 2.75. The molecule has 1 saturated heterocycles. The highest BCUT2D eigenvalue weighted by atomic mass is 19.1. The number of carbonyl (C=O) groups excluding carboxylic acids is 2. The highest BCUT2D eigenvalue weighted by Crippen LogP contribution is 2.18. The van der Waals surface area contributed by atoms with E-state index >= 15 is 0 Å². The molecule has 1 heterocycles. The van der Waals surface area contributed by atoms with Crippen LogP contribution in [0.3, 0.4) is 0 Å². The molecule has 0 spiro atoms. The van der Waals surface area contributed by atoms with Crippen LogP contribution in [-0.4, -0.2) is 58.8 Å². The first-order valence-electron chi connectivity index (χ1n) is 9.97. The van der Waals surface area contributed by atoms with Crippen molar-refractivity contribution in [1.29, 1.82) is 0 Å². The van der Waals surface area contributed by atoms with Crippen molar-refractivity contribution in [2.45, 2.75) is 6.54 Å². The fourth-order valence-electron chi connectivity index (χ4n) is 3.77. The van der Waals surface area contributed by atoms with E-state index in [9.17, 15) is 14.0 Å². The summed E-state index contributed by atoms with van der Waals surface area (Å²) < 4.78 is 23.7. The molecule has 30 heavy (non-hydrogen) atoms. The minimum atomic E-state index is -0.483. The number of hydrogen-bond acceptors (Lipinski definition) is 4. The van der Waals surface area contributed by atoms with Crippen LogP contribution in [0.25, 0.3) is 0 Å². The first-order chi connectivity index (χ1) is 14.5. The molecule has 2 aromatic rings. The van der Waals surface area contributed by atoms with E-state index in [0.29, 0.717) is 30.1 Å². The third kappa shape index (κ3) is 5.55. The molecule has 3 N–H and O–H groups in total. The number of benzene rings is 2. The van der Waals surface area contributed by atoms with Crippen LogP contribution in [0.4, 0.5) is 10.1 Å². The van der Waals surface area contributed by atoms with Crippen LogP contribution in [0.5, 0.6) is 5.75 Å². The number of methoxy groups -OCH3 is 2. The predicted molar refractivity (Wildman–Crippen MR) is 109 cm³/mol. The Morgan fingerprint density at radius 1 is 1.03 bits per heavy atom. The van der Waals surface area contributed by atoms with Crippen molar-refractivity contribution in [2.24, 2.45) is 0 Å². The Hall–Kier alpha value is -2.97. The SMILES string of the molecule is COC(=O)c1ccccc1NC(=O)C[NH+]1CC[NH+](Cc2cc(F)ccc2OC)CC1. The van der Waals surface area contributed by atoms with Gasteiger partial charge in [0, 0.05) is 0 Å². The Kier molecular flexibility index (Phi) is 7.37. The molecule has 0 aliphatic carbocycles. The molecule has 0 radical (unpaired) electrons. The number of amides is 1. The summed E-state index contributed by atoms with van der Waals surface area (Å²) in [5.41, 5.74) is 1.64. The lowest BCUT2D eigenvalue weighted by molar-refractivity contribution is -1.02. The average molecular weight is 417 g/mol. The summed E-state index contributed by atoms with van der Waals surface area (Å²) >= 11 is 0. The number of quaternary nitrogens is 2. The normalized spacial score (nSPS) is 18.5. The maximum Gasteiger partial charge on any atom is 0.339 e. The highest BCUT2D eigenvalue weighted by molar-refractivity contribution is 6.01. The first kappa shape index (κ1) is 21.7. The van der Waals surface area contributed by atoms with Gasteiger partial charge in [-0.1, -0.05) is 12.1 Å². The van der Waals surface area contributed by atoms with Crippen molar-refractivity contribution in [3.05, 3.63) is 59.4 Å². The zero-order chi connectivity index (χ0) is 21.5. The zero-order valence-corrected chi connectivity index (χ0v) is 17.3. The minimum Gasteiger partial charge on any atom is -0.496 e. The van der Waals surface area contributed by atoms with Crippen LogP contribution < -0.4 is 19.9 Å². The van der Waals surface area contributed by atoms with Gasteiger partial charge >= 0.3 is 5.97 Å². The smallest absolute Gasteiger partial charge is 0.339 e. The van der Waals surface area contributed by atoms with Gasteiger partial charge in [0.1, 0.15) is 44.3 Å². The quantitative estimate of drug-likeness (QED) is 0.534. The number of para-hydroxylation sites is 1. The molecule has 1 aliphatic heterocycles. The van der Waals surface area contributed by atoms with E-state index in [1.807, 2.05) is 0 Å². The van der Waals surface area contributed by atoms with E-state index in [0.717, 1.165) is 31.7 Å². The third-order valence-electron chi connectivity index (χ3n) is 5.36. The molecular weight excluding hydrogens is 389 g/mol. The van der Waals surface area contributed by atoms with Crippen LogP contribution in [0, 0.1) is 5.82 Å². The molecule has 160 valence electrons. The number of anilines is 1. The van der Waals surface area contributed by atoms with Gasteiger partial charge in [-0.3, -0.25) is 4.79 Å². The van der Waals surface area contributed by atoms with Gasteiger partial charge in [0.2, 0.25) is 0 Å².